The van der Waals surface area contributed by atoms with Crippen LogP contribution in [-0.2, 0) is 16.0 Å². The summed E-state index contributed by atoms with van der Waals surface area (Å²) in [5, 5.41) is 13.6. The number of nitrogens with zero attached hydrogens (tertiary/aromatic N) is 1. The van der Waals surface area contributed by atoms with Gasteiger partial charge in [-0.2, -0.15) is 0 Å². The number of piperidine rings is 1. The molecule has 2 aliphatic heterocycles. The molecule has 25 heavy (non-hydrogen) atoms. The number of rotatable bonds is 5. The van der Waals surface area contributed by atoms with Gasteiger partial charge < -0.3 is 20.1 Å². The predicted octanol–water partition coefficient (Wildman–Crippen LogP) is 2.04. The Morgan fingerprint density at radius 2 is 2.08 bits per heavy atom. The number of likely N-dealkylation sites (tertiary alicyclic amines) is 1. The van der Waals surface area contributed by atoms with Gasteiger partial charge in [0.1, 0.15) is 0 Å². The molecule has 1 fully saturated rings. The molecular formula is C20H30N2O3. The average Bonchev–Trinajstić information content (AvgIpc) is 2.61. The molecule has 0 bridgehead atoms. The Bertz CT molecular complexity index is 594. The minimum absolute atomic E-state index is 0.0542. The summed E-state index contributed by atoms with van der Waals surface area (Å²) in [6.07, 6.45) is 2.44. The van der Waals surface area contributed by atoms with Gasteiger partial charge in [0, 0.05) is 25.7 Å². The van der Waals surface area contributed by atoms with Crippen molar-refractivity contribution in [1.82, 2.24) is 10.2 Å². The molecule has 0 aromatic heterocycles. The highest BCUT2D eigenvalue weighted by Gasteiger charge is 2.33. The van der Waals surface area contributed by atoms with Gasteiger partial charge in [-0.25, -0.2) is 0 Å². The third-order valence-corrected chi connectivity index (χ3v) is 5.54. The van der Waals surface area contributed by atoms with Crippen LogP contribution >= 0.6 is 0 Å². The van der Waals surface area contributed by atoms with Crippen molar-refractivity contribution in [2.24, 2.45) is 0 Å². The van der Waals surface area contributed by atoms with Crippen LogP contribution < -0.4 is 5.32 Å². The van der Waals surface area contributed by atoms with Crippen molar-refractivity contribution in [3.8, 4) is 0 Å². The largest absolute Gasteiger partial charge is 0.388 e. The first-order valence-corrected chi connectivity index (χ1v) is 9.39. The lowest BCUT2D eigenvalue weighted by Gasteiger charge is -2.40. The van der Waals surface area contributed by atoms with Crippen LogP contribution in [0.2, 0.25) is 0 Å². The van der Waals surface area contributed by atoms with E-state index < -0.39 is 5.60 Å². The Morgan fingerprint density at radius 3 is 2.80 bits per heavy atom. The fraction of sp³-hybridized carbons (Fsp3) is 0.650. The van der Waals surface area contributed by atoms with Gasteiger partial charge in [-0.3, -0.25) is 4.79 Å². The van der Waals surface area contributed by atoms with E-state index in [9.17, 15) is 9.90 Å². The second-order valence-corrected chi connectivity index (χ2v) is 7.64. The maximum Gasteiger partial charge on any atom is 0.223 e. The first kappa shape index (κ1) is 18.4. The topological polar surface area (TPSA) is 61.8 Å². The van der Waals surface area contributed by atoms with Gasteiger partial charge in [-0.05, 0) is 44.2 Å². The van der Waals surface area contributed by atoms with Crippen molar-refractivity contribution >= 4 is 5.91 Å². The number of aliphatic hydroxyl groups is 1. The number of hydrogen-bond donors (Lipinski definition) is 2. The molecule has 1 amide bonds. The smallest absolute Gasteiger partial charge is 0.223 e. The van der Waals surface area contributed by atoms with Gasteiger partial charge in [-0.15, -0.1) is 0 Å². The molecule has 1 atom stereocenters. The van der Waals surface area contributed by atoms with Gasteiger partial charge >= 0.3 is 0 Å². The first-order chi connectivity index (χ1) is 12.0. The number of amides is 1. The van der Waals surface area contributed by atoms with Crippen molar-refractivity contribution in [2.45, 2.75) is 57.3 Å². The molecule has 0 aliphatic carbocycles. The molecule has 1 aromatic carbocycles. The molecule has 0 spiro atoms. The van der Waals surface area contributed by atoms with E-state index in [1.165, 1.54) is 5.56 Å². The van der Waals surface area contributed by atoms with Gasteiger partial charge in [0.05, 0.1) is 24.7 Å². The van der Waals surface area contributed by atoms with Crippen LogP contribution in [0.3, 0.4) is 0 Å². The number of ether oxygens (including phenoxy) is 1. The number of nitrogens with one attached hydrogen (secondary N) is 1. The van der Waals surface area contributed by atoms with Crippen LogP contribution in [0, 0.1) is 0 Å². The molecular weight excluding hydrogens is 316 g/mol. The monoisotopic (exact) mass is 346 g/mol. The third kappa shape index (κ3) is 4.60. The first-order valence-electron chi connectivity index (χ1n) is 9.39. The highest BCUT2D eigenvalue weighted by molar-refractivity contribution is 5.76. The Morgan fingerprint density at radius 1 is 1.36 bits per heavy atom. The third-order valence-electron chi connectivity index (χ3n) is 5.54. The van der Waals surface area contributed by atoms with E-state index in [0.717, 1.165) is 25.1 Å². The Hall–Kier alpha value is -1.43. The van der Waals surface area contributed by atoms with Crippen LogP contribution in [0.25, 0.3) is 0 Å². The summed E-state index contributed by atoms with van der Waals surface area (Å²) in [6, 6.07) is 8.67. The van der Waals surface area contributed by atoms with Crippen molar-refractivity contribution in [1.29, 1.82) is 0 Å². The summed E-state index contributed by atoms with van der Waals surface area (Å²) < 4.78 is 5.80. The maximum absolute atomic E-state index is 12.4. The molecule has 138 valence electrons. The summed E-state index contributed by atoms with van der Waals surface area (Å²) >= 11 is 0. The van der Waals surface area contributed by atoms with Gasteiger partial charge in [0.25, 0.3) is 0 Å². The summed E-state index contributed by atoms with van der Waals surface area (Å²) in [5.41, 5.74) is 1.60. The van der Waals surface area contributed by atoms with Crippen molar-refractivity contribution in [3.05, 3.63) is 35.4 Å². The summed E-state index contributed by atoms with van der Waals surface area (Å²) in [7, 11) is 0. The molecule has 3 rings (SSSR count). The highest BCUT2D eigenvalue weighted by atomic mass is 16.5. The highest BCUT2D eigenvalue weighted by Crippen LogP contribution is 2.29. The number of benzene rings is 1. The molecule has 2 N–H and O–H groups in total. The number of carbonyl (C=O) groups excluding carboxylic acids is 1. The number of carbonyl (C=O) groups is 1. The SMILES string of the molecule is CC(C)N1CCC(O)(CNC(=O)C[C@H]2OCCc3ccccc32)CC1. The second-order valence-electron chi connectivity index (χ2n) is 7.64. The zero-order valence-electron chi connectivity index (χ0n) is 15.3. The summed E-state index contributed by atoms with van der Waals surface area (Å²) in [4.78, 5) is 14.7. The Kier molecular flexibility index (Phi) is 5.77. The van der Waals surface area contributed by atoms with E-state index in [2.05, 4.69) is 30.1 Å². The Labute approximate surface area is 150 Å². The zero-order valence-corrected chi connectivity index (χ0v) is 15.3. The van der Waals surface area contributed by atoms with Crippen molar-refractivity contribution in [2.75, 3.05) is 26.2 Å². The lowest BCUT2D eigenvalue weighted by molar-refractivity contribution is -0.126. The lowest BCUT2D eigenvalue weighted by Crippen LogP contribution is -2.52. The van der Waals surface area contributed by atoms with E-state index in [1.807, 2.05) is 18.2 Å². The summed E-state index contributed by atoms with van der Waals surface area (Å²) in [5.74, 6) is -0.0542. The normalized spacial score (nSPS) is 23.3. The van der Waals surface area contributed by atoms with Crippen LogP contribution in [-0.4, -0.2) is 53.8 Å². The van der Waals surface area contributed by atoms with E-state index in [-0.39, 0.29) is 12.0 Å². The fourth-order valence-corrected chi connectivity index (χ4v) is 3.78. The molecule has 5 heteroatoms. The molecule has 0 unspecified atom stereocenters. The molecule has 2 heterocycles. The second kappa shape index (κ2) is 7.85. The zero-order chi connectivity index (χ0) is 17.9. The molecule has 0 radical (unpaired) electrons. The minimum Gasteiger partial charge on any atom is -0.388 e. The van der Waals surface area contributed by atoms with E-state index in [1.54, 1.807) is 0 Å². The van der Waals surface area contributed by atoms with E-state index in [4.69, 9.17) is 4.74 Å². The minimum atomic E-state index is -0.785. The number of hydrogen-bond acceptors (Lipinski definition) is 4. The van der Waals surface area contributed by atoms with Crippen LogP contribution in [0.5, 0.6) is 0 Å². The van der Waals surface area contributed by atoms with Crippen molar-refractivity contribution in [3.63, 3.8) is 0 Å². The number of fused-ring (bicyclic) bond motifs is 1. The van der Waals surface area contributed by atoms with Crippen molar-refractivity contribution < 1.29 is 14.6 Å². The van der Waals surface area contributed by atoms with Crippen LogP contribution in [0.15, 0.2) is 24.3 Å². The summed E-state index contributed by atoms with van der Waals surface area (Å²) in [6.45, 7) is 7.09. The molecule has 1 aromatic rings. The average molecular weight is 346 g/mol. The quantitative estimate of drug-likeness (QED) is 0.856. The maximum atomic E-state index is 12.4. The van der Waals surface area contributed by atoms with Gasteiger partial charge in [0.15, 0.2) is 0 Å². The van der Waals surface area contributed by atoms with Crippen LogP contribution in [0.1, 0.15) is 50.3 Å². The predicted molar refractivity (Wildman–Crippen MR) is 97.4 cm³/mol. The molecule has 2 aliphatic rings. The molecule has 5 nitrogen and oxygen atoms in total. The Balaban J connectivity index is 1.49. The van der Waals surface area contributed by atoms with E-state index in [0.29, 0.717) is 38.5 Å². The van der Waals surface area contributed by atoms with Gasteiger partial charge in [-0.1, -0.05) is 24.3 Å². The molecule has 0 saturated carbocycles. The molecule has 1 saturated heterocycles. The van der Waals surface area contributed by atoms with Gasteiger partial charge in [0.2, 0.25) is 5.91 Å². The fourth-order valence-electron chi connectivity index (χ4n) is 3.78. The lowest BCUT2D eigenvalue weighted by atomic mass is 9.90. The van der Waals surface area contributed by atoms with E-state index >= 15 is 0 Å². The standard InChI is InChI=1S/C20H30N2O3/c1-15(2)22-10-8-20(24,9-11-22)14-21-19(23)13-18-17-6-4-3-5-16(17)7-12-25-18/h3-6,15,18,24H,7-14H2,1-2H3,(H,21,23)/t18-/m1/s1. The van der Waals surface area contributed by atoms with Crippen LogP contribution in [0.4, 0.5) is 0 Å².